The molecule has 1 saturated heterocycles. The lowest BCUT2D eigenvalue weighted by Crippen LogP contribution is -2.28. The molecule has 0 aromatic heterocycles. The largest absolute Gasteiger partial charge is 0.486 e. The van der Waals surface area contributed by atoms with Crippen molar-refractivity contribution in [2.45, 2.75) is 32.5 Å². The van der Waals surface area contributed by atoms with E-state index < -0.39 is 6.17 Å². The van der Waals surface area contributed by atoms with Crippen LogP contribution < -0.4 is 4.74 Å². The normalized spacial score (nSPS) is 23.2. The number of likely N-dealkylation sites (tertiary alicyclic amines) is 1. The van der Waals surface area contributed by atoms with E-state index >= 15 is 0 Å². The summed E-state index contributed by atoms with van der Waals surface area (Å²) in [6, 6.07) is 7.63. The Morgan fingerprint density at radius 3 is 2.95 bits per heavy atom. The summed E-state index contributed by atoms with van der Waals surface area (Å²) in [7, 11) is 0. The third-order valence-electron chi connectivity index (χ3n) is 3.68. The van der Waals surface area contributed by atoms with Crippen LogP contribution in [0.3, 0.4) is 0 Å². The lowest BCUT2D eigenvalue weighted by atomic mass is 10.1. The molecule has 1 aliphatic rings. The molecule has 2 unspecified atom stereocenters. The first-order chi connectivity index (χ1) is 9.58. The average Bonchev–Trinajstić information content (AvgIpc) is 2.77. The topological polar surface area (TPSA) is 12.5 Å². The SMILES string of the molecule is C=Cc1cccc(OC2CN(CCC(C)C)CC2F)c1. The predicted molar refractivity (Wildman–Crippen MR) is 81.7 cm³/mol. The van der Waals surface area contributed by atoms with Crippen molar-refractivity contribution in [2.24, 2.45) is 5.92 Å². The summed E-state index contributed by atoms with van der Waals surface area (Å²) in [5.74, 6) is 1.37. The molecule has 0 radical (unpaired) electrons. The Morgan fingerprint density at radius 2 is 2.25 bits per heavy atom. The van der Waals surface area contributed by atoms with Gasteiger partial charge in [-0.15, -0.1) is 0 Å². The molecule has 1 fully saturated rings. The standard InChI is InChI=1S/C17H24FNO/c1-4-14-6-5-7-15(10-14)20-17-12-19(11-16(17)18)9-8-13(2)3/h4-7,10,13,16-17H,1,8-9,11-12H2,2-3H3. The highest BCUT2D eigenvalue weighted by atomic mass is 19.1. The summed E-state index contributed by atoms with van der Waals surface area (Å²) in [6.45, 7) is 10.2. The summed E-state index contributed by atoms with van der Waals surface area (Å²) in [4.78, 5) is 2.16. The zero-order valence-corrected chi connectivity index (χ0v) is 12.4. The van der Waals surface area contributed by atoms with Crippen LogP contribution in [0.5, 0.6) is 5.75 Å². The third-order valence-corrected chi connectivity index (χ3v) is 3.68. The van der Waals surface area contributed by atoms with Crippen molar-refractivity contribution in [2.75, 3.05) is 19.6 Å². The molecule has 1 aromatic rings. The van der Waals surface area contributed by atoms with Crippen LogP contribution in [0.4, 0.5) is 4.39 Å². The molecule has 0 amide bonds. The Kier molecular flexibility index (Phi) is 5.18. The second-order valence-electron chi connectivity index (χ2n) is 5.89. The fraction of sp³-hybridized carbons (Fsp3) is 0.529. The minimum Gasteiger partial charge on any atom is -0.486 e. The number of nitrogens with zero attached hydrogens (tertiary/aromatic N) is 1. The zero-order chi connectivity index (χ0) is 14.5. The maximum atomic E-state index is 14.0. The summed E-state index contributed by atoms with van der Waals surface area (Å²) in [6.07, 6.45) is 1.60. The van der Waals surface area contributed by atoms with E-state index in [0.29, 0.717) is 19.0 Å². The van der Waals surface area contributed by atoms with Crippen molar-refractivity contribution in [3.05, 3.63) is 36.4 Å². The highest BCUT2D eigenvalue weighted by Crippen LogP contribution is 2.22. The van der Waals surface area contributed by atoms with Crippen LogP contribution in [0, 0.1) is 5.92 Å². The lowest BCUT2D eigenvalue weighted by Gasteiger charge is -2.17. The Labute approximate surface area is 121 Å². The van der Waals surface area contributed by atoms with Crippen molar-refractivity contribution in [3.63, 3.8) is 0 Å². The smallest absolute Gasteiger partial charge is 0.151 e. The van der Waals surface area contributed by atoms with Gasteiger partial charge in [0.2, 0.25) is 0 Å². The zero-order valence-electron chi connectivity index (χ0n) is 12.4. The van der Waals surface area contributed by atoms with Gasteiger partial charge in [-0.25, -0.2) is 4.39 Å². The van der Waals surface area contributed by atoms with Crippen molar-refractivity contribution >= 4 is 6.08 Å². The third kappa shape index (κ3) is 4.07. The van der Waals surface area contributed by atoms with Gasteiger partial charge in [-0.1, -0.05) is 38.6 Å². The van der Waals surface area contributed by atoms with E-state index in [1.807, 2.05) is 24.3 Å². The molecule has 3 heteroatoms. The first-order valence-electron chi connectivity index (χ1n) is 7.34. The molecule has 1 aliphatic heterocycles. The highest BCUT2D eigenvalue weighted by molar-refractivity contribution is 5.49. The molecule has 20 heavy (non-hydrogen) atoms. The second-order valence-corrected chi connectivity index (χ2v) is 5.89. The van der Waals surface area contributed by atoms with E-state index in [9.17, 15) is 4.39 Å². The van der Waals surface area contributed by atoms with E-state index in [2.05, 4.69) is 25.3 Å². The van der Waals surface area contributed by atoms with Gasteiger partial charge in [0.1, 0.15) is 11.9 Å². The van der Waals surface area contributed by atoms with Crippen LogP contribution in [0.2, 0.25) is 0 Å². The monoisotopic (exact) mass is 277 g/mol. The summed E-state index contributed by atoms with van der Waals surface area (Å²) in [5, 5.41) is 0. The Morgan fingerprint density at radius 1 is 1.45 bits per heavy atom. The minimum absolute atomic E-state index is 0.359. The summed E-state index contributed by atoms with van der Waals surface area (Å²) in [5.41, 5.74) is 0.993. The van der Waals surface area contributed by atoms with Crippen LogP contribution in [0.1, 0.15) is 25.8 Å². The average molecular weight is 277 g/mol. The molecule has 1 heterocycles. The van der Waals surface area contributed by atoms with Crippen LogP contribution in [0.25, 0.3) is 6.08 Å². The van der Waals surface area contributed by atoms with Gasteiger partial charge in [-0.3, -0.25) is 4.90 Å². The molecule has 2 rings (SSSR count). The van der Waals surface area contributed by atoms with Crippen LogP contribution >= 0.6 is 0 Å². The molecular formula is C17H24FNO. The number of hydrogen-bond acceptors (Lipinski definition) is 2. The number of alkyl halides is 1. The van der Waals surface area contributed by atoms with Gasteiger partial charge in [-0.2, -0.15) is 0 Å². The van der Waals surface area contributed by atoms with Crippen LogP contribution in [-0.4, -0.2) is 36.8 Å². The minimum atomic E-state index is -0.908. The van der Waals surface area contributed by atoms with Gasteiger partial charge in [0.15, 0.2) is 6.17 Å². The first-order valence-corrected chi connectivity index (χ1v) is 7.34. The van der Waals surface area contributed by atoms with Crippen LogP contribution in [0.15, 0.2) is 30.8 Å². The molecule has 110 valence electrons. The Balaban J connectivity index is 1.91. The van der Waals surface area contributed by atoms with Gasteiger partial charge < -0.3 is 4.74 Å². The van der Waals surface area contributed by atoms with Gasteiger partial charge in [0.25, 0.3) is 0 Å². The molecular weight excluding hydrogens is 253 g/mol. The summed E-state index contributed by atoms with van der Waals surface area (Å²) >= 11 is 0. The lowest BCUT2D eigenvalue weighted by molar-refractivity contribution is 0.138. The first kappa shape index (κ1) is 15.0. The van der Waals surface area contributed by atoms with Gasteiger partial charge in [-0.05, 0) is 36.6 Å². The van der Waals surface area contributed by atoms with E-state index in [-0.39, 0.29) is 6.10 Å². The van der Waals surface area contributed by atoms with E-state index in [0.717, 1.165) is 24.3 Å². The fourth-order valence-electron chi connectivity index (χ4n) is 2.43. The van der Waals surface area contributed by atoms with Crippen molar-refractivity contribution in [1.82, 2.24) is 4.90 Å². The maximum absolute atomic E-state index is 14.0. The summed E-state index contributed by atoms with van der Waals surface area (Å²) < 4.78 is 19.8. The number of hydrogen-bond donors (Lipinski definition) is 0. The second kappa shape index (κ2) is 6.89. The molecule has 1 aromatic carbocycles. The molecule has 0 aliphatic carbocycles. The number of ether oxygens (including phenoxy) is 1. The fourth-order valence-corrected chi connectivity index (χ4v) is 2.43. The highest BCUT2D eigenvalue weighted by Gasteiger charge is 2.34. The van der Waals surface area contributed by atoms with Gasteiger partial charge in [0, 0.05) is 13.1 Å². The van der Waals surface area contributed by atoms with E-state index in [1.165, 1.54) is 0 Å². The van der Waals surface area contributed by atoms with Gasteiger partial charge >= 0.3 is 0 Å². The van der Waals surface area contributed by atoms with Crippen molar-refractivity contribution in [3.8, 4) is 5.75 Å². The quantitative estimate of drug-likeness (QED) is 0.784. The maximum Gasteiger partial charge on any atom is 0.151 e. The molecule has 0 bridgehead atoms. The Bertz CT molecular complexity index is 446. The molecule has 0 saturated carbocycles. The number of rotatable bonds is 6. The van der Waals surface area contributed by atoms with Gasteiger partial charge in [0.05, 0.1) is 0 Å². The van der Waals surface area contributed by atoms with E-state index in [1.54, 1.807) is 6.08 Å². The molecule has 0 N–H and O–H groups in total. The van der Waals surface area contributed by atoms with Crippen molar-refractivity contribution in [1.29, 1.82) is 0 Å². The van der Waals surface area contributed by atoms with Crippen LogP contribution in [-0.2, 0) is 0 Å². The number of halogens is 1. The Hall–Kier alpha value is -1.35. The molecule has 2 atom stereocenters. The van der Waals surface area contributed by atoms with E-state index in [4.69, 9.17) is 4.74 Å². The molecule has 2 nitrogen and oxygen atoms in total. The number of benzene rings is 1. The van der Waals surface area contributed by atoms with Crippen molar-refractivity contribution < 1.29 is 9.13 Å². The molecule has 0 spiro atoms. The predicted octanol–water partition coefficient (Wildman–Crippen LogP) is 3.78.